The van der Waals surface area contributed by atoms with E-state index in [0.29, 0.717) is 5.92 Å². The zero-order valence-electron chi connectivity index (χ0n) is 12.4. The zero-order chi connectivity index (χ0) is 14.5. The first-order valence-electron chi connectivity index (χ1n) is 7.85. The lowest BCUT2D eigenvalue weighted by atomic mass is 10.0. The lowest BCUT2D eigenvalue weighted by Crippen LogP contribution is -2.48. The van der Waals surface area contributed by atoms with E-state index in [9.17, 15) is 5.26 Å². The van der Waals surface area contributed by atoms with Crippen molar-refractivity contribution in [3.05, 3.63) is 35.9 Å². The van der Waals surface area contributed by atoms with Gasteiger partial charge in [-0.3, -0.25) is 4.90 Å². The van der Waals surface area contributed by atoms with Crippen LogP contribution in [0.2, 0.25) is 0 Å². The van der Waals surface area contributed by atoms with Gasteiger partial charge >= 0.3 is 0 Å². The molecule has 0 aliphatic carbocycles. The molecule has 2 aliphatic rings. The molecule has 0 radical (unpaired) electrons. The summed E-state index contributed by atoms with van der Waals surface area (Å²) >= 11 is 0. The highest BCUT2D eigenvalue weighted by Crippen LogP contribution is 2.22. The Hall–Kier alpha value is -1.41. The first-order valence-corrected chi connectivity index (χ1v) is 7.85. The van der Waals surface area contributed by atoms with Crippen LogP contribution in [0.1, 0.15) is 18.0 Å². The van der Waals surface area contributed by atoms with E-state index >= 15 is 0 Å². The van der Waals surface area contributed by atoms with Gasteiger partial charge in [-0.05, 0) is 17.9 Å². The van der Waals surface area contributed by atoms with E-state index in [4.69, 9.17) is 4.74 Å². The molecular formula is C17H23N3O. The lowest BCUT2D eigenvalue weighted by Gasteiger charge is -2.37. The van der Waals surface area contributed by atoms with Gasteiger partial charge in [0.05, 0.1) is 12.7 Å². The van der Waals surface area contributed by atoms with Crippen molar-refractivity contribution >= 4 is 0 Å². The van der Waals surface area contributed by atoms with E-state index in [-0.39, 0.29) is 6.04 Å². The van der Waals surface area contributed by atoms with Crippen LogP contribution in [-0.4, -0.2) is 55.7 Å². The molecular weight excluding hydrogens is 262 g/mol. The van der Waals surface area contributed by atoms with Crippen molar-refractivity contribution in [3.63, 3.8) is 0 Å². The molecule has 21 heavy (non-hydrogen) atoms. The Bertz CT molecular complexity index is 471. The summed E-state index contributed by atoms with van der Waals surface area (Å²) < 4.78 is 5.45. The summed E-state index contributed by atoms with van der Waals surface area (Å²) in [6.45, 7) is 7.06. The predicted octanol–water partition coefficient (Wildman–Crippen LogP) is 1.91. The largest absolute Gasteiger partial charge is 0.381 e. The fourth-order valence-electron chi connectivity index (χ4n) is 3.30. The molecule has 0 amide bonds. The van der Waals surface area contributed by atoms with Gasteiger partial charge in [-0.25, -0.2) is 0 Å². The maximum atomic E-state index is 9.51. The van der Waals surface area contributed by atoms with Crippen molar-refractivity contribution < 1.29 is 4.74 Å². The third kappa shape index (κ3) is 3.62. The molecule has 0 aromatic heterocycles. The highest BCUT2D eigenvalue weighted by molar-refractivity contribution is 5.24. The minimum absolute atomic E-state index is 0.108. The van der Waals surface area contributed by atoms with Crippen molar-refractivity contribution in [1.29, 1.82) is 5.26 Å². The Labute approximate surface area is 126 Å². The minimum atomic E-state index is -0.108. The monoisotopic (exact) mass is 285 g/mol. The molecule has 1 aromatic rings. The van der Waals surface area contributed by atoms with Gasteiger partial charge in [-0.2, -0.15) is 5.26 Å². The minimum Gasteiger partial charge on any atom is -0.381 e. The SMILES string of the molecule is N#C[C@H](c1ccccc1)N1CCN(C[C@@H]2CCOC2)CC1. The van der Waals surface area contributed by atoms with E-state index in [0.717, 1.165) is 51.5 Å². The van der Waals surface area contributed by atoms with Gasteiger partial charge in [-0.15, -0.1) is 0 Å². The van der Waals surface area contributed by atoms with Crippen LogP contribution in [0, 0.1) is 17.2 Å². The molecule has 2 fully saturated rings. The van der Waals surface area contributed by atoms with Crippen LogP contribution in [0.3, 0.4) is 0 Å². The third-order valence-electron chi connectivity index (χ3n) is 4.55. The van der Waals surface area contributed by atoms with Gasteiger partial charge in [-0.1, -0.05) is 30.3 Å². The average molecular weight is 285 g/mol. The molecule has 0 spiro atoms. The second-order valence-corrected chi connectivity index (χ2v) is 6.01. The molecule has 0 saturated carbocycles. The maximum absolute atomic E-state index is 9.51. The maximum Gasteiger partial charge on any atom is 0.123 e. The summed E-state index contributed by atoms with van der Waals surface area (Å²) in [4.78, 5) is 4.83. The summed E-state index contributed by atoms with van der Waals surface area (Å²) in [5.41, 5.74) is 1.11. The van der Waals surface area contributed by atoms with Crippen LogP contribution >= 0.6 is 0 Å². The highest BCUT2D eigenvalue weighted by atomic mass is 16.5. The molecule has 2 atom stereocenters. The number of ether oxygens (including phenoxy) is 1. The van der Waals surface area contributed by atoms with Gasteiger partial charge in [0.1, 0.15) is 6.04 Å². The zero-order valence-corrected chi connectivity index (χ0v) is 12.4. The van der Waals surface area contributed by atoms with Gasteiger partial charge < -0.3 is 9.64 Å². The molecule has 2 aliphatic heterocycles. The summed E-state index contributed by atoms with van der Waals surface area (Å²) in [6.07, 6.45) is 1.20. The van der Waals surface area contributed by atoms with Crippen LogP contribution in [0.4, 0.5) is 0 Å². The van der Waals surface area contributed by atoms with E-state index in [1.54, 1.807) is 0 Å². The smallest absolute Gasteiger partial charge is 0.123 e. The molecule has 0 unspecified atom stereocenters. The molecule has 1 aromatic carbocycles. The fourth-order valence-corrected chi connectivity index (χ4v) is 3.30. The molecule has 3 rings (SSSR count). The Morgan fingerprint density at radius 1 is 1.19 bits per heavy atom. The van der Waals surface area contributed by atoms with Gasteiger partial charge in [0, 0.05) is 39.3 Å². The second kappa shape index (κ2) is 7.04. The molecule has 4 nitrogen and oxygen atoms in total. The van der Waals surface area contributed by atoms with E-state index in [2.05, 4.69) is 28.0 Å². The lowest BCUT2D eigenvalue weighted by molar-refractivity contribution is 0.0969. The number of hydrogen-bond donors (Lipinski definition) is 0. The predicted molar refractivity (Wildman–Crippen MR) is 81.7 cm³/mol. The summed E-state index contributed by atoms with van der Waals surface area (Å²) in [5, 5.41) is 9.51. The first-order chi connectivity index (χ1) is 10.4. The summed E-state index contributed by atoms with van der Waals surface area (Å²) in [6, 6.07) is 12.5. The second-order valence-electron chi connectivity index (χ2n) is 6.01. The molecule has 112 valence electrons. The topological polar surface area (TPSA) is 39.5 Å². The van der Waals surface area contributed by atoms with Crippen molar-refractivity contribution in [2.24, 2.45) is 5.92 Å². The molecule has 0 bridgehead atoms. The van der Waals surface area contributed by atoms with E-state index < -0.39 is 0 Å². The van der Waals surface area contributed by atoms with Gasteiger partial charge in [0.25, 0.3) is 0 Å². The standard InChI is InChI=1S/C17H23N3O/c18-12-17(16-4-2-1-3-5-16)20-9-7-19(8-10-20)13-15-6-11-21-14-15/h1-5,15,17H,6-11,13-14H2/t15-,17+/m0/s1. The number of nitrogens with zero attached hydrogens (tertiary/aromatic N) is 3. The van der Waals surface area contributed by atoms with Crippen LogP contribution < -0.4 is 0 Å². The number of rotatable bonds is 4. The third-order valence-corrected chi connectivity index (χ3v) is 4.55. The number of benzene rings is 1. The molecule has 2 saturated heterocycles. The van der Waals surface area contributed by atoms with Crippen LogP contribution in [0.25, 0.3) is 0 Å². The fraction of sp³-hybridized carbons (Fsp3) is 0.588. The number of piperazine rings is 1. The highest BCUT2D eigenvalue weighted by Gasteiger charge is 2.26. The summed E-state index contributed by atoms with van der Waals surface area (Å²) in [7, 11) is 0. The van der Waals surface area contributed by atoms with Crippen molar-refractivity contribution in [2.75, 3.05) is 45.9 Å². The van der Waals surface area contributed by atoms with Crippen molar-refractivity contribution in [3.8, 4) is 6.07 Å². The van der Waals surface area contributed by atoms with Crippen molar-refractivity contribution in [1.82, 2.24) is 9.80 Å². The normalized spacial score (nSPS) is 25.6. The van der Waals surface area contributed by atoms with E-state index in [1.807, 2.05) is 18.2 Å². The Kier molecular flexibility index (Phi) is 4.87. The van der Waals surface area contributed by atoms with E-state index in [1.165, 1.54) is 6.42 Å². The number of hydrogen-bond acceptors (Lipinski definition) is 4. The quantitative estimate of drug-likeness (QED) is 0.847. The Balaban J connectivity index is 1.53. The van der Waals surface area contributed by atoms with Crippen LogP contribution in [-0.2, 0) is 4.74 Å². The van der Waals surface area contributed by atoms with Gasteiger partial charge in [0.15, 0.2) is 0 Å². The first kappa shape index (κ1) is 14.5. The molecule has 0 N–H and O–H groups in total. The molecule has 2 heterocycles. The van der Waals surface area contributed by atoms with Crippen molar-refractivity contribution in [2.45, 2.75) is 12.5 Å². The average Bonchev–Trinajstić information content (AvgIpc) is 3.04. The summed E-state index contributed by atoms with van der Waals surface area (Å²) in [5.74, 6) is 0.706. The Morgan fingerprint density at radius 3 is 2.57 bits per heavy atom. The number of nitriles is 1. The van der Waals surface area contributed by atoms with Crippen LogP contribution in [0.5, 0.6) is 0 Å². The van der Waals surface area contributed by atoms with Crippen LogP contribution in [0.15, 0.2) is 30.3 Å². The van der Waals surface area contributed by atoms with Gasteiger partial charge in [0.2, 0.25) is 0 Å². The molecule has 4 heteroatoms. The Morgan fingerprint density at radius 2 is 1.95 bits per heavy atom.